The van der Waals surface area contributed by atoms with Gasteiger partial charge in [0.2, 0.25) is 5.95 Å². The molecule has 158 valence electrons. The third-order valence-corrected chi connectivity index (χ3v) is 6.03. The van der Waals surface area contributed by atoms with Gasteiger partial charge in [0, 0.05) is 32.2 Å². The highest BCUT2D eigenvalue weighted by atomic mass is 35.5. The van der Waals surface area contributed by atoms with E-state index in [1.165, 1.54) is 22.9 Å². The fourth-order valence-corrected chi connectivity index (χ4v) is 4.51. The molecule has 0 unspecified atom stereocenters. The lowest BCUT2D eigenvalue weighted by Crippen LogP contribution is -2.48. The van der Waals surface area contributed by atoms with Gasteiger partial charge in [-0.1, -0.05) is 16.8 Å². The van der Waals surface area contributed by atoms with Crippen molar-refractivity contribution in [2.24, 2.45) is 18.9 Å². The van der Waals surface area contributed by atoms with E-state index in [0.717, 1.165) is 25.9 Å². The number of piperidine rings is 1. The SMILES string of the molecule is Cc1noc(N2C[C@H]3CC[C@@H](C2)[C@H]3Nc2nc(Oc3ccc(F)c(Cl)c3)n(C)n2)n1. The Labute approximate surface area is 177 Å². The Kier molecular flexibility index (Phi) is 4.73. The van der Waals surface area contributed by atoms with Crippen LogP contribution in [0, 0.1) is 24.6 Å². The zero-order valence-electron chi connectivity index (χ0n) is 16.5. The van der Waals surface area contributed by atoms with Gasteiger partial charge in [0.1, 0.15) is 11.6 Å². The number of rotatable bonds is 5. The quantitative estimate of drug-likeness (QED) is 0.654. The van der Waals surface area contributed by atoms with Crippen molar-refractivity contribution in [3.63, 3.8) is 0 Å². The summed E-state index contributed by atoms with van der Waals surface area (Å²) in [7, 11) is 1.74. The third kappa shape index (κ3) is 3.55. The highest BCUT2D eigenvalue weighted by Gasteiger charge is 2.43. The fraction of sp³-hybridized carbons (Fsp3) is 0.474. The molecule has 3 aromatic rings. The number of fused-ring (bicyclic) bond motifs is 2. The van der Waals surface area contributed by atoms with Crippen molar-refractivity contribution in [2.45, 2.75) is 25.8 Å². The van der Waals surface area contributed by atoms with E-state index in [0.29, 0.717) is 41.4 Å². The first-order valence-electron chi connectivity index (χ1n) is 9.82. The number of nitrogens with zero attached hydrogens (tertiary/aromatic N) is 6. The van der Waals surface area contributed by atoms with E-state index in [1.54, 1.807) is 7.05 Å². The molecule has 0 radical (unpaired) electrons. The number of nitrogens with one attached hydrogen (secondary N) is 1. The summed E-state index contributed by atoms with van der Waals surface area (Å²) in [4.78, 5) is 11.0. The lowest BCUT2D eigenvalue weighted by atomic mass is 9.92. The third-order valence-electron chi connectivity index (χ3n) is 5.74. The predicted molar refractivity (Wildman–Crippen MR) is 107 cm³/mol. The second kappa shape index (κ2) is 7.42. The number of hydrogen-bond donors (Lipinski definition) is 1. The fourth-order valence-electron chi connectivity index (χ4n) is 4.34. The Morgan fingerprint density at radius 1 is 1.23 bits per heavy atom. The maximum absolute atomic E-state index is 13.4. The van der Waals surface area contributed by atoms with Gasteiger partial charge in [-0.15, -0.1) is 5.10 Å². The van der Waals surface area contributed by atoms with E-state index >= 15 is 0 Å². The Bertz CT molecular complexity index is 1060. The van der Waals surface area contributed by atoms with Gasteiger partial charge in [0.05, 0.1) is 5.02 Å². The van der Waals surface area contributed by atoms with Gasteiger partial charge in [-0.25, -0.2) is 9.07 Å². The van der Waals surface area contributed by atoms with Gasteiger partial charge in [-0.2, -0.15) is 9.97 Å². The second-order valence-corrected chi connectivity index (χ2v) is 8.22. The van der Waals surface area contributed by atoms with Crippen molar-refractivity contribution in [3.05, 3.63) is 34.9 Å². The smallest absolute Gasteiger partial charge is 0.324 e. The average molecular weight is 434 g/mol. The normalized spacial score (nSPS) is 23.1. The number of benzene rings is 1. The molecule has 3 heterocycles. The van der Waals surface area contributed by atoms with Crippen molar-refractivity contribution in [1.82, 2.24) is 24.9 Å². The number of ether oxygens (including phenoxy) is 1. The first kappa shape index (κ1) is 19.1. The molecule has 2 bridgehead atoms. The minimum atomic E-state index is -0.498. The summed E-state index contributed by atoms with van der Waals surface area (Å²) in [6, 6.07) is 5.31. The molecule has 9 nitrogen and oxygen atoms in total. The van der Waals surface area contributed by atoms with Crippen LogP contribution in [0.5, 0.6) is 11.8 Å². The van der Waals surface area contributed by atoms with Crippen LogP contribution in [0.2, 0.25) is 5.02 Å². The molecule has 2 aliphatic rings. The standard InChI is InChI=1S/C19H21ClFN7O2/c1-10-22-19(30-26-10)28-8-11-3-4-12(9-28)16(11)23-17-24-18(27(2)25-17)29-13-5-6-15(21)14(20)7-13/h5-7,11-12,16H,3-4,8-9H2,1-2H3,(H,23,25)/t11-,12+,16+. The average Bonchev–Trinajstić information content (AvgIpc) is 3.35. The second-order valence-electron chi connectivity index (χ2n) is 7.82. The van der Waals surface area contributed by atoms with Gasteiger partial charge < -0.3 is 19.5 Å². The molecule has 3 atom stereocenters. The highest BCUT2D eigenvalue weighted by molar-refractivity contribution is 6.30. The molecule has 0 spiro atoms. The molecule has 1 aromatic carbocycles. The number of hydrogen-bond acceptors (Lipinski definition) is 8. The molecule has 1 saturated carbocycles. The number of anilines is 2. The number of halogens is 2. The van der Waals surface area contributed by atoms with Gasteiger partial charge >= 0.3 is 12.0 Å². The molecule has 2 fully saturated rings. The lowest BCUT2D eigenvalue weighted by Gasteiger charge is -2.37. The van der Waals surface area contributed by atoms with E-state index in [4.69, 9.17) is 20.9 Å². The van der Waals surface area contributed by atoms with Crippen LogP contribution in [0.4, 0.5) is 16.4 Å². The van der Waals surface area contributed by atoms with Gasteiger partial charge in [-0.05, 0) is 43.7 Å². The summed E-state index contributed by atoms with van der Waals surface area (Å²) in [6.45, 7) is 3.52. The maximum Gasteiger partial charge on any atom is 0.324 e. The molecule has 0 amide bonds. The lowest BCUT2D eigenvalue weighted by molar-refractivity contribution is 0.340. The molecule has 2 aromatic heterocycles. The first-order chi connectivity index (χ1) is 14.5. The van der Waals surface area contributed by atoms with Crippen LogP contribution in [-0.2, 0) is 7.05 Å². The topological polar surface area (TPSA) is 94.1 Å². The van der Waals surface area contributed by atoms with Crippen molar-refractivity contribution in [2.75, 3.05) is 23.3 Å². The minimum absolute atomic E-state index is 0.00667. The molecular formula is C19H21ClFN7O2. The van der Waals surface area contributed by atoms with Crippen LogP contribution in [-0.4, -0.2) is 44.0 Å². The van der Waals surface area contributed by atoms with Crippen LogP contribution >= 0.6 is 11.6 Å². The Hall–Kier alpha value is -2.88. The molecule has 1 aliphatic heterocycles. The maximum atomic E-state index is 13.4. The summed E-state index contributed by atoms with van der Waals surface area (Å²) < 4.78 is 26.0. The Balaban J connectivity index is 1.27. The minimum Gasteiger partial charge on any atom is -0.424 e. The molecular weight excluding hydrogens is 413 g/mol. The molecule has 5 rings (SSSR count). The molecule has 1 N–H and O–H groups in total. The molecule has 1 saturated heterocycles. The van der Waals surface area contributed by atoms with E-state index < -0.39 is 5.82 Å². The highest BCUT2D eigenvalue weighted by Crippen LogP contribution is 2.39. The van der Waals surface area contributed by atoms with Crippen molar-refractivity contribution in [3.8, 4) is 11.8 Å². The van der Waals surface area contributed by atoms with Crippen LogP contribution in [0.3, 0.4) is 0 Å². The van der Waals surface area contributed by atoms with Crippen molar-refractivity contribution >= 4 is 23.6 Å². The summed E-state index contributed by atoms with van der Waals surface area (Å²) in [5.74, 6) is 1.91. The van der Waals surface area contributed by atoms with E-state index in [2.05, 4.69) is 30.4 Å². The van der Waals surface area contributed by atoms with Crippen LogP contribution in [0.15, 0.2) is 22.7 Å². The van der Waals surface area contributed by atoms with Crippen LogP contribution in [0.25, 0.3) is 0 Å². The summed E-state index contributed by atoms with van der Waals surface area (Å²) >= 11 is 5.82. The van der Waals surface area contributed by atoms with Gasteiger partial charge in [0.15, 0.2) is 5.82 Å². The van der Waals surface area contributed by atoms with Crippen LogP contribution < -0.4 is 15.0 Å². The largest absolute Gasteiger partial charge is 0.424 e. The molecule has 30 heavy (non-hydrogen) atoms. The molecule has 11 heteroatoms. The first-order valence-corrected chi connectivity index (χ1v) is 10.2. The van der Waals surface area contributed by atoms with Gasteiger partial charge in [0.25, 0.3) is 0 Å². The van der Waals surface area contributed by atoms with E-state index in [9.17, 15) is 4.39 Å². The Morgan fingerprint density at radius 3 is 2.67 bits per heavy atom. The zero-order chi connectivity index (χ0) is 20.8. The summed E-state index contributed by atoms with van der Waals surface area (Å²) in [6.07, 6.45) is 2.24. The molecule has 1 aliphatic carbocycles. The van der Waals surface area contributed by atoms with Crippen molar-refractivity contribution in [1.29, 1.82) is 0 Å². The van der Waals surface area contributed by atoms with Gasteiger partial charge in [-0.3, -0.25) is 0 Å². The Morgan fingerprint density at radius 2 is 2.00 bits per heavy atom. The van der Waals surface area contributed by atoms with E-state index in [1.807, 2.05) is 6.92 Å². The zero-order valence-corrected chi connectivity index (χ0v) is 17.3. The van der Waals surface area contributed by atoms with E-state index in [-0.39, 0.29) is 11.1 Å². The summed E-state index contributed by atoms with van der Waals surface area (Å²) in [5.41, 5.74) is 0. The number of aryl methyl sites for hydroxylation is 2. The number of aromatic nitrogens is 5. The van der Waals surface area contributed by atoms with Crippen LogP contribution in [0.1, 0.15) is 18.7 Å². The monoisotopic (exact) mass is 433 g/mol. The predicted octanol–water partition coefficient (Wildman–Crippen LogP) is 3.42. The summed E-state index contributed by atoms with van der Waals surface area (Å²) in [5, 5.41) is 11.8. The van der Waals surface area contributed by atoms with Crippen molar-refractivity contribution < 1.29 is 13.7 Å².